The summed E-state index contributed by atoms with van der Waals surface area (Å²) in [5.41, 5.74) is 19.6. The highest BCUT2D eigenvalue weighted by molar-refractivity contribution is 7.00. The quantitative estimate of drug-likeness (QED) is 0.165. The van der Waals surface area contributed by atoms with E-state index in [2.05, 4.69) is 198 Å². The molecular weight excluding hydrogens is 639 g/mol. The van der Waals surface area contributed by atoms with Crippen molar-refractivity contribution < 1.29 is 0 Å². The number of fused-ring (bicyclic) bond motifs is 4. The molecule has 0 saturated heterocycles. The van der Waals surface area contributed by atoms with E-state index in [0.717, 1.165) is 23.5 Å². The van der Waals surface area contributed by atoms with Crippen LogP contribution >= 0.6 is 0 Å². The zero-order chi connectivity index (χ0) is 34.7. The van der Waals surface area contributed by atoms with Gasteiger partial charge in [-0.05, 0) is 93.2 Å². The van der Waals surface area contributed by atoms with Gasteiger partial charge in [0.05, 0.1) is 10.9 Å². The summed E-state index contributed by atoms with van der Waals surface area (Å²) in [5, 5.41) is 2.62. The third kappa shape index (κ3) is 3.74. The maximum Gasteiger partial charge on any atom is 0.248 e. The Morgan fingerprint density at radius 2 is 1.02 bits per heavy atom. The molecule has 246 valence electrons. The van der Waals surface area contributed by atoms with Gasteiger partial charge in [0, 0.05) is 39.0 Å². The Morgan fingerprint density at radius 1 is 0.453 bits per heavy atom. The topological polar surface area (TPSA) is 8.17 Å². The average Bonchev–Trinajstić information content (AvgIpc) is 3.56. The summed E-state index contributed by atoms with van der Waals surface area (Å²) in [6.45, 7) is 0.168. The van der Waals surface area contributed by atoms with Crippen LogP contribution in [0.15, 0.2) is 188 Å². The molecule has 0 bridgehead atoms. The minimum Gasteiger partial charge on any atom is -0.310 e. The second-order valence-corrected chi connectivity index (χ2v) is 14.8. The van der Waals surface area contributed by atoms with Crippen LogP contribution in [0.4, 0.5) is 17.1 Å². The molecule has 0 atom stereocenters. The first-order valence-electron chi connectivity index (χ1n) is 18.7. The molecule has 12 rings (SSSR count). The van der Waals surface area contributed by atoms with Crippen molar-refractivity contribution in [2.45, 2.75) is 11.8 Å². The van der Waals surface area contributed by atoms with Crippen LogP contribution in [-0.2, 0) is 11.8 Å². The third-order valence-electron chi connectivity index (χ3n) is 12.3. The van der Waals surface area contributed by atoms with Crippen LogP contribution in [0.2, 0.25) is 0 Å². The predicted molar refractivity (Wildman–Crippen MR) is 221 cm³/mol. The first-order valence-corrected chi connectivity index (χ1v) is 18.7. The van der Waals surface area contributed by atoms with Crippen LogP contribution in [0, 0.1) is 0 Å². The van der Waals surface area contributed by atoms with Crippen molar-refractivity contribution in [3.05, 3.63) is 221 Å². The molecule has 0 radical (unpaired) electrons. The van der Waals surface area contributed by atoms with E-state index in [1.165, 1.54) is 77.3 Å². The predicted octanol–water partition coefficient (Wildman–Crippen LogP) is 9.68. The molecule has 0 saturated carbocycles. The standard InChI is InChI=1S/C50H33BN2/c1-5-16-35(17-6-1)50(36-18-7-2-8-19-36)42-24-13-15-33-31-34-27-29-41-40-30-28-39(52(37-20-9-3-10-21-37)38-22-11-4-12-23-38)32-45(40)53-44-26-14-25-43(50)48(44)51(46(33)42)47(34)49(41)53/h1-30,32H,31H2. The Labute approximate surface area is 309 Å². The van der Waals surface area contributed by atoms with Gasteiger partial charge in [-0.15, -0.1) is 0 Å². The summed E-state index contributed by atoms with van der Waals surface area (Å²) in [6, 6.07) is 70.1. The van der Waals surface area contributed by atoms with E-state index in [1.54, 1.807) is 0 Å². The zero-order valence-electron chi connectivity index (χ0n) is 29.1. The molecule has 0 N–H and O–H groups in total. The van der Waals surface area contributed by atoms with Crippen LogP contribution in [0.3, 0.4) is 0 Å². The van der Waals surface area contributed by atoms with E-state index in [9.17, 15) is 0 Å². The van der Waals surface area contributed by atoms with Gasteiger partial charge in [-0.25, -0.2) is 0 Å². The Bertz CT molecular complexity index is 2830. The average molecular weight is 673 g/mol. The number of para-hydroxylation sites is 2. The second kappa shape index (κ2) is 10.7. The molecule has 0 fully saturated rings. The smallest absolute Gasteiger partial charge is 0.248 e. The fourth-order valence-corrected chi connectivity index (χ4v) is 10.4. The molecule has 0 unspecified atom stereocenters. The normalized spacial score (nSPS) is 14.1. The maximum atomic E-state index is 2.62. The van der Waals surface area contributed by atoms with Crippen molar-refractivity contribution >= 4 is 62.0 Å². The summed E-state index contributed by atoms with van der Waals surface area (Å²) in [7, 11) is 0. The number of nitrogens with zero attached hydrogens (tertiary/aromatic N) is 2. The van der Waals surface area contributed by atoms with Crippen LogP contribution in [0.25, 0.3) is 27.5 Å². The Hall–Kier alpha value is -6.58. The molecule has 0 amide bonds. The lowest BCUT2D eigenvalue weighted by molar-refractivity contribution is 0.748. The molecule has 3 heteroatoms. The van der Waals surface area contributed by atoms with Crippen LogP contribution in [-0.4, -0.2) is 11.3 Å². The Kier molecular flexibility index (Phi) is 5.88. The summed E-state index contributed by atoms with van der Waals surface area (Å²) in [6.07, 6.45) is 0.935. The third-order valence-corrected chi connectivity index (χ3v) is 12.3. The highest BCUT2D eigenvalue weighted by Crippen LogP contribution is 2.49. The SMILES string of the molecule is c1ccc(N(c2ccccc2)c2ccc3c4ccc5c6c4n(c3c2)-c2cccc3c2B6c2c(cccc2C3(c2ccccc2)c2ccccc2)C5)cc1. The van der Waals surface area contributed by atoms with Crippen LogP contribution in [0.5, 0.6) is 0 Å². The molecule has 0 spiro atoms. The number of hydrogen-bond acceptors (Lipinski definition) is 1. The lowest BCUT2D eigenvalue weighted by Gasteiger charge is -2.48. The Balaban J connectivity index is 1.22. The van der Waals surface area contributed by atoms with Gasteiger partial charge >= 0.3 is 0 Å². The van der Waals surface area contributed by atoms with Gasteiger partial charge in [-0.3, -0.25) is 0 Å². The van der Waals surface area contributed by atoms with Crippen LogP contribution < -0.4 is 21.3 Å². The zero-order valence-corrected chi connectivity index (χ0v) is 29.1. The molecule has 3 aliphatic heterocycles. The van der Waals surface area contributed by atoms with Gasteiger partial charge in [-0.1, -0.05) is 151 Å². The molecule has 8 aromatic carbocycles. The minimum atomic E-state index is -0.468. The van der Waals surface area contributed by atoms with Crippen molar-refractivity contribution in [3.8, 4) is 5.69 Å². The van der Waals surface area contributed by atoms with Gasteiger partial charge in [0.15, 0.2) is 0 Å². The second-order valence-electron chi connectivity index (χ2n) is 14.8. The molecule has 1 aromatic heterocycles. The first kappa shape index (κ1) is 29.0. The number of rotatable bonds is 5. The van der Waals surface area contributed by atoms with Gasteiger partial charge in [0.2, 0.25) is 6.71 Å². The van der Waals surface area contributed by atoms with E-state index in [0.29, 0.717) is 0 Å². The van der Waals surface area contributed by atoms with E-state index < -0.39 is 5.41 Å². The fourth-order valence-electron chi connectivity index (χ4n) is 10.4. The molecule has 53 heavy (non-hydrogen) atoms. The lowest BCUT2D eigenvalue weighted by atomic mass is 9.27. The van der Waals surface area contributed by atoms with Gasteiger partial charge in [0.25, 0.3) is 0 Å². The Morgan fingerprint density at radius 3 is 1.68 bits per heavy atom. The van der Waals surface area contributed by atoms with Gasteiger partial charge < -0.3 is 9.47 Å². The first-order chi connectivity index (χ1) is 26.3. The largest absolute Gasteiger partial charge is 0.310 e. The minimum absolute atomic E-state index is 0.168. The van der Waals surface area contributed by atoms with E-state index >= 15 is 0 Å². The van der Waals surface area contributed by atoms with E-state index in [-0.39, 0.29) is 6.71 Å². The van der Waals surface area contributed by atoms with Gasteiger partial charge in [0.1, 0.15) is 0 Å². The molecule has 4 heterocycles. The highest BCUT2D eigenvalue weighted by atomic mass is 15.1. The lowest BCUT2D eigenvalue weighted by Crippen LogP contribution is -2.67. The molecule has 2 nitrogen and oxygen atoms in total. The molecular formula is C50H33BN2. The van der Waals surface area contributed by atoms with Crippen LogP contribution in [0.1, 0.15) is 33.4 Å². The highest BCUT2D eigenvalue weighted by Gasteiger charge is 2.52. The van der Waals surface area contributed by atoms with Crippen molar-refractivity contribution in [1.82, 2.24) is 4.57 Å². The summed E-state index contributed by atoms with van der Waals surface area (Å²) >= 11 is 0. The maximum absolute atomic E-state index is 2.62. The van der Waals surface area contributed by atoms with E-state index in [4.69, 9.17) is 0 Å². The number of benzene rings is 8. The van der Waals surface area contributed by atoms with Crippen molar-refractivity contribution in [2.24, 2.45) is 0 Å². The van der Waals surface area contributed by atoms with Crippen molar-refractivity contribution in [2.75, 3.05) is 4.90 Å². The summed E-state index contributed by atoms with van der Waals surface area (Å²) in [5.74, 6) is 0. The van der Waals surface area contributed by atoms with Gasteiger partial charge in [-0.2, -0.15) is 0 Å². The monoisotopic (exact) mass is 672 g/mol. The van der Waals surface area contributed by atoms with E-state index in [1.807, 2.05) is 0 Å². The molecule has 9 aromatic rings. The molecule has 0 aliphatic carbocycles. The summed E-state index contributed by atoms with van der Waals surface area (Å²) < 4.78 is 2.62. The molecule has 3 aliphatic rings. The number of anilines is 3. The van der Waals surface area contributed by atoms with Crippen molar-refractivity contribution in [1.29, 1.82) is 0 Å². The fraction of sp³-hybridized carbons (Fsp3) is 0.0400. The number of hydrogen-bond donors (Lipinski definition) is 0. The number of aromatic nitrogens is 1. The summed E-state index contributed by atoms with van der Waals surface area (Å²) in [4.78, 5) is 2.38. The van der Waals surface area contributed by atoms with Crippen molar-refractivity contribution in [3.63, 3.8) is 0 Å².